The van der Waals surface area contributed by atoms with Crippen LogP contribution in [-0.4, -0.2) is 41.0 Å². The minimum absolute atomic E-state index is 0.325. The highest BCUT2D eigenvalue weighted by Crippen LogP contribution is 2.31. The maximum atomic E-state index is 8.25. The fourth-order valence-electron chi connectivity index (χ4n) is 2.23. The Bertz CT molecular complexity index is 251. The molecule has 6 heteroatoms. The molecule has 0 spiro atoms. The van der Waals surface area contributed by atoms with Crippen molar-refractivity contribution in [2.75, 3.05) is 19.8 Å². The van der Waals surface area contributed by atoms with E-state index in [9.17, 15) is 0 Å². The van der Waals surface area contributed by atoms with Gasteiger partial charge in [0.25, 0.3) is 0 Å². The lowest BCUT2D eigenvalue weighted by atomic mass is 10.0. The number of rotatable bonds is 3. The molecule has 0 atom stereocenters. The zero-order valence-corrected chi connectivity index (χ0v) is 12.1. The number of hydrogen-bond acceptors (Lipinski definition) is 4. The van der Waals surface area contributed by atoms with Crippen molar-refractivity contribution < 1.29 is 14.3 Å². The van der Waals surface area contributed by atoms with E-state index in [1.165, 1.54) is 25.9 Å². The summed E-state index contributed by atoms with van der Waals surface area (Å²) >= 11 is 0. The first kappa shape index (κ1) is 17.1. The first-order valence-electron chi connectivity index (χ1n) is 6.40. The van der Waals surface area contributed by atoms with Crippen LogP contribution in [0, 0.1) is 15.3 Å². The van der Waals surface area contributed by atoms with Crippen LogP contribution in [0.1, 0.15) is 47.5 Å². The summed E-state index contributed by atoms with van der Waals surface area (Å²) in [5.41, 5.74) is 0.325. The lowest BCUT2D eigenvalue weighted by molar-refractivity contribution is -0.977. The number of likely N-dealkylation sites (tertiary alicyclic amines) is 1. The van der Waals surface area contributed by atoms with Crippen molar-refractivity contribution in [1.29, 1.82) is 0 Å². The Morgan fingerprint density at radius 3 is 1.89 bits per heavy atom. The van der Waals surface area contributed by atoms with Crippen molar-refractivity contribution >= 4 is 0 Å². The van der Waals surface area contributed by atoms with E-state index < -0.39 is 5.09 Å². The van der Waals surface area contributed by atoms with Crippen LogP contribution in [0.4, 0.5) is 0 Å². The van der Waals surface area contributed by atoms with Gasteiger partial charge in [0.2, 0.25) is 0 Å². The van der Waals surface area contributed by atoms with Crippen LogP contribution in [0.25, 0.3) is 0 Å². The molecule has 108 valence electrons. The molecule has 0 N–H and O–H groups in total. The Morgan fingerprint density at radius 2 is 1.61 bits per heavy atom. The minimum atomic E-state index is -1.75. The maximum Gasteiger partial charge on any atom is 0.183 e. The second-order valence-electron chi connectivity index (χ2n) is 6.04. The Morgan fingerprint density at radius 1 is 1.22 bits per heavy atom. The molecule has 18 heavy (non-hydrogen) atoms. The molecule has 0 unspecified atom stereocenters. The molecule has 1 saturated heterocycles. The molecule has 0 radical (unpaired) electrons. The van der Waals surface area contributed by atoms with Crippen LogP contribution in [-0.2, 0) is 4.74 Å². The summed E-state index contributed by atoms with van der Waals surface area (Å²) in [6.45, 7) is 14.7. The van der Waals surface area contributed by atoms with E-state index in [0.717, 1.165) is 11.2 Å². The third kappa shape index (κ3) is 5.64. The van der Waals surface area contributed by atoms with Gasteiger partial charge >= 0.3 is 0 Å². The molecule has 0 bridgehead atoms. The Kier molecular flexibility index (Phi) is 6.56. The molecular formula is C12H26N2O4. The van der Waals surface area contributed by atoms with E-state index in [0.29, 0.717) is 11.6 Å². The number of quaternary nitrogens is 1. The predicted molar refractivity (Wildman–Crippen MR) is 70.4 cm³/mol. The Balaban J connectivity index is 0.000000631. The molecule has 1 aliphatic rings. The molecule has 0 aliphatic carbocycles. The van der Waals surface area contributed by atoms with Gasteiger partial charge in [-0.3, -0.25) is 4.48 Å². The lowest BCUT2D eigenvalue weighted by Crippen LogP contribution is -2.59. The molecule has 0 amide bonds. The molecule has 1 heterocycles. The smallest absolute Gasteiger partial charge is 0.183 e. The number of ether oxygens (including phenoxy) is 1. The Hall–Kier alpha value is -0.880. The molecular weight excluding hydrogens is 236 g/mol. The van der Waals surface area contributed by atoms with Gasteiger partial charge in [0.1, 0.15) is 0 Å². The van der Waals surface area contributed by atoms with Crippen LogP contribution in [0.15, 0.2) is 0 Å². The number of nitrogens with zero attached hydrogens (tertiary/aromatic N) is 2. The molecule has 0 aromatic carbocycles. The molecule has 0 saturated carbocycles. The second kappa shape index (κ2) is 6.89. The Labute approximate surface area is 109 Å². The molecule has 1 aliphatic heterocycles. The average Bonchev–Trinajstić information content (AvgIpc) is 2.62. The van der Waals surface area contributed by atoms with Crippen LogP contribution in [0.2, 0.25) is 0 Å². The maximum absolute atomic E-state index is 8.25. The normalized spacial score (nSPS) is 18.3. The van der Waals surface area contributed by atoms with Gasteiger partial charge in [0.15, 0.2) is 6.73 Å². The van der Waals surface area contributed by atoms with Crippen molar-refractivity contribution in [2.45, 2.75) is 59.1 Å². The third-order valence-electron chi connectivity index (χ3n) is 3.50. The molecule has 0 aromatic rings. The highest BCUT2D eigenvalue weighted by Gasteiger charge is 2.42. The van der Waals surface area contributed by atoms with E-state index in [1.54, 1.807) is 0 Å². The summed E-state index contributed by atoms with van der Waals surface area (Å²) < 4.78 is 6.97. The summed E-state index contributed by atoms with van der Waals surface area (Å²) in [7, 11) is 0. The van der Waals surface area contributed by atoms with Gasteiger partial charge in [-0.15, -0.1) is 0 Å². The van der Waals surface area contributed by atoms with Crippen LogP contribution >= 0.6 is 0 Å². The van der Waals surface area contributed by atoms with Crippen LogP contribution in [0.3, 0.4) is 0 Å². The van der Waals surface area contributed by atoms with Crippen molar-refractivity contribution in [3.63, 3.8) is 0 Å². The topological polar surface area (TPSA) is 75.4 Å². The van der Waals surface area contributed by atoms with Crippen LogP contribution in [0.5, 0.6) is 0 Å². The highest BCUT2D eigenvalue weighted by atomic mass is 16.9. The molecule has 1 fully saturated rings. The van der Waals surface area contributed by atoms with E-state index >= 15 is 0 Å². The van der Waals surface area contributed by atoms with Gasteiger partial charge in [0.05, 0.1) is 29.8 Å². The summed E-state index contributed by atoms with van der Waals surface area (Å²) in [5.74, 6) is 0. The minimum Gasteiger partial charge on any atom is -0.356 e. The van der Waals surface area contributed by atoms with Crippen molar-refractivity contribution in [3.05, 3.63) is 15.3 Å². The zero-order chi connectivity index (χ0) is 14.4. The fraction of sp³-hybridized carbons (Fsp3) is 1.00. The lowest BCUT2D eigenvalue weighted by Gasteiger charge is -2.45. The average molecular weight is 262 g/mol. The molecule has 1 rings (SSSR count). The molecule has 6 nitrogen and oxygen atoms in total. The zero-order valence-electron chi connectivity index (χ0n) is 12.1. The van der Waals surface area contributed by atoms with E-state index in [4.69, 9.17) is 20.1 Å². The summed E-state index contributed by atoms with van der Waals surface area (Å²) in [5, 5.41) is 14.8. The monoisotopic (exact) mass is 262 g/mol. The van der Waals surface area contributed by atoms with E-state index in [1.807, 2.05) is 0 Å². The van der Waals surface area contributed by atoms with Gasteiger partial charge in [0, 0.05) is 12.8 Å². The number of hydrogen-bond donors (Lipinski definition) is 0. The van der Waals surface area contributed by atoms with Gasteiger partial charge in [-0.05, 0) is 34.6 Å². The SMILES string of the molecule is CC(C)OC[N+]1(C(C)(C)C)CCCC1.O=[N+]([O-])[O-]. The van der Waals surface area contributed by atoms with Crippen molar-refractivity contribution in [2.24, 2.45) is 0 Å². The van der Waals surface area contributed by atoms with Gasteiger partial charge in [-0.1, -0.05) is 0 Å². The first-order chi connectivity index (χ1) is 8.11. The van der Waals surface area contributed by atoms with Gasteiger partial charge in [-0.25, -0.2) is 0 Å². The van der Waals surface area contributed by atoms with Crippen molar-refractivity contribution in [1.82, 2.24) is 0 Å². The van der Waals surface area contributed by atoms with Gasteiger partial charge < -0.3 is 20.1 Å². The summed E-state index contributed by atoms with van der Waals surface area (Å²) in [6, 6.07) is 0. The standard InChI is InChI=1S/C12H26NO.NO3/c1-11(2)14-10-13(12(3,4)5)8-6-7-9-13;2-1(3)4/h11H,6-10H2,1-5H3;/q+1;-1. The largest absolute Gasteiger partial charge is 0.356 e. The first-order valence-corrected chi connectivity index (χ1v) is 6.40. The van der Waals surface area contributed by atoms with E-state index in [2.05, 4.69) is 34.6 Å². The van der Waals surface area contributed by atoms with Gasteiger partial charge in [-0.2, -0.15) is 0 Å². The second-order valence-corrected chi connectivity index (χ2v) is 6.04. The summed E-state index contributed by atoms with van der Waals surface area (Å²) in [4.78, 5) is 8.25. The molecule has 0 aromatic heterocycles. The third-order valence-corrected chi connectivity index (χ3v) is 3.50. The fourth-order valence-corrected chi connectivity index (χ4v) is 2.23. The van der Waals surface area contributed by atoms with Crippen molar-refractivity contribution in [3.8, 4) is 0 Å². The summed E-state index contributed by atoms with van der Waals surface area (Å²) in [6.07, 6.45) is 3.07. The highest BCUT2D eigenvalue weighted by molar-refractivity contribution is 4.67. The quantitative estimate of drug-likeness (QED) is 0.445. The van der Waals surface area contributed by atoms with Crippen LogP contribution < -0.4 is 0 Å². The predicted octanol–water partition coefficient (Wildman–Crippen LogP) is 2.54. The van der Waals surface area contributed by atoms with E-state index in [-0.39, 0.29) is 0 Å².